The lowest BCUT2D eigenvalue weighted by atomic mass is 10.0. The zero-order valence-electron chi connectivity index (χ0n) is 10.6. The summed E-state index contributed by atoms with van der Waals surface area (Å²) in [5.74, 6) is -0.135. The molecular weight excluding hydrogens is 238 g/mol. The van der Waals surface area contributed by atoms with E-state index in [9.17, 15) is 4.79 Å². The highest BCUT2D eigenvalue weighted by Gasteiger charge is 2.21. The number of rotatable bonds is 4. The van der Waals surface area contributed by atoms with Crippen molar-refractivity contribution >= 4 is 17.5 Å². The number of pyridine rings is 1. The summed E-state index contributed by atoms with van der Waals surface area (Å²) >= 11 is 5.66. The van der Waals surface area contributed by atoms with Crippen LogP contribution in [-0.4, -0.2) is 42.0 Å². The van der Waals surface area contributed by atoms with Crippen molar-refractivity contribution in [2.24, 2.45) is 0 Å². The van der Waals surface area contributed by atoms with Gasteiger partial charge in [0.2, 0.25) is 0 Å². The molecule has 0 aromatic carbocycles. The minimum absolute atomic E-state index is 0.0878. The number of likely N-dealkylation sites (N-methyl/N-ethyl adjacent to an activating group) is 1. The molecule has 1 aromatic heterocycles. The summed E-state index contributed by atoms with van der Waals surface area (Å²) < 4.78 is 0. The molecule has 0 aliphatic heterocycles. The average Bonchev–Trinajstić information content (AvgIpc) is 2.27. The molecule has 1 rings (SSSR count). The van der Waals surface area contributed by atoms with Gasteiger partial charge in [-0.15, -0.1) is 0 Å². The maximum atomic E-state index is 11.8. The number of aromatic nitrogens is 1. The highest BCUT2D eigenvalue weighted by Crippen LogP contribution is 2.09. The summed E-state index contributed by atoms with van der Waals surface area (Å²) in [4.78, 5) is 17.7. The zero-order valence-corrected chi connectivity index (χ0v) is 11.4. The fourth-order valence-corrected chi connectivity index (χ4v) is 1.18. The van der Waals surface area contributed by atoms with Crippen molar-refractivity contribution < 1.29 is 4.79 Å². The lowest BCUT2D eigenvalue weighted by Crippen LogP contribution is -2.48. The van der Waals surface area contributed by atoms with Gasteiger partial charge in [-0.3, -0.25) is 4.79 Å². The second kappa shape index (κ2) is 5.47. The quantitative estimate of drug-likeness (QED) is 0.835. The van der Waals surface area contributed by atoms with Crippen LogP contribution in [0.25, 0.3) is 0 Å². The standard InChI is InChI=1S/C12H18ClN3O/c1-12(2,16(3)4)8-15-11(17)9-5-6-10(13)14-7-9/h5-7H,8H2,1-4H3,(H,15,17). The average molecular weight is 256 g/mol. The predicted molar refractivity (Wildman–Crippen MR) is 69.3 cm³/mol. The molecule has 94 valence electrons. The lowest BCUT2D eigenvalue weighted by Gasteiger charge is -2.32. The smallest absolute Gasteiger partial charge is 0.252 e. The number of carbonyl (C=O) groups is 1. The van der Waals surface area contributed by atoms with Gasteiger partial charge in [-0.05, 0) is 40.1 Å². The second-order valence-corrected chi connectivity index (χ2v) is 5.15. The predicted octanol–water partition coefficient (Wildman–Crippen LogP) is 1.80. The molecule has 0 unspecified atom stereocenters. The van der Waals surface area contributed by atoms with Crippen molar-refractivity contribution in [2.45, 2.75) is 19.4 Å². The number of carbonyl (C=O) groups excluding carboxylic acids is 1. The molecule has 0 spiro atoms. The van der Waals surface area contributed by atoms with Gasteiger partial charge >= 0.3 is 0 Å². The number of hydrogen-bond donors (Lipinski definition) is 1. The van der Waals surface area contributed by atoms with Gasteiger partial charge < -0.3 is 10.2 Å². The number of nitrogens with one attached hydrogen (secondary N) is 1. The van der Waals surface area contributed by atoms with Crippen LogP contribution in [0.15, 0.2) is 18.3 Å². The Kier molecular flexibility index (Phi) is 4.48. The fraction of sp³-hybridized carbons (Fsp3) is 0.500. The van der Waals surface area contributed by atoms with Crippen LogP contribution in [0.1, 0.15) is 24.2 Å². The van der Waals surface area contributed by atoms with Crippen molar-refractivity contribution in [3.63, 3.8) is 0 Å². The molecule has 1 heterocycles. The van der Waals surface area contributed by atoms with Gasteiger partial charge in [0.05, 0.1) is 5.56 Å². The molecule has 0 radical (unpaired) electrons. The van der Waals surface area contributed by atoms with E-state index in [1.807, 2.05) is 14.1 Å². The maximum Gasteiger partial charge on any atom is 0.252 e. The Morgan fingerprint density at radius 3 is 2.59 bits per heavy atom. The first-order valence-electron chi connectivity index (χ1n) is 5.40. The van der Waals surface area contributed by atoms with Crippen LogP contribution in [0.4, 0.5) is 0 Å². The minimum Gasteiger partial charge on any atom is -0.350 e. The van der Waals surface area contributed by atoms with Gasteiger partial charge in [-0.2, -0.15) is 0 Å². The Morgan fingerprint density at radius 2 is 2.12 bits per heavy atom. The summed E-state index contributed by atoms with van der Waals surface area (Å²) in [6.45, 7) is 4.70. The van der Waals surface area contributed by atoms with Crippen molar-refractivity contribution in [2.75, 3.05) is 20.6 Å². The van der Waals surface area contributed by atoms with E-state index in [0.717, 1.165) is 0 Å². The van der Waals surface area contributed by atoms with Gasteiger partial charge in [-0.25, -0.2) is 4.98 Å². The zero-order chi connectivity index (χ0) is 13.1. The molecule has 0 fully saturated rings. The molecule has 0 saturated carbocycles. The monoisotopic (exact) mass is 255 g/mol. The molecule has 17 heavy (non-hydrogen) atoms. The number of hydrogen-bond acceptors (Lipinski definition) is 3. The van der Waals surface area contributed by atoms with E-state index < -0.39 is 0 Å². The van der Waals surface area contributed by atoms with Crippen LogP contribution in [0, 0.1) is 0 Å². The van der Waals surface area contributed by atoms with Crippen molar-refractivity contribution in [1.29, 1.82) is 0 Å². The number of halogens is 1. The van der Waals surface area contributed by atoms with E-state index in [4.69, 9.17) is 11.6 Å². The topological polar surface area (TPSA) is 45.2 Å². The summed E-state index contributed by atoms with van der Waals surface area (Å²) in [6, 6.07) is 3.26. The molecule has 0 bridgehead atoms. The van der Waals surface area contributed by atoms with Gasteiger partial charge in [0.1, 0.15) is 5.15 Å². The first kappa shape index (κ1) is 13.9. The van der Waals surface area contributed by atoms with E-state index in [1.165, 1.54) is 6.20 Å². The highest BCUT2D eigenvalue weighted by molar-refractivity contribution is 6.29. The van der Waals surface area contributed by atoms with E-state index in [2.05, 4.69) is 29.0 Å². The van der Waals surface area contributed by atoms with Crippen LogP contribution in [-0.2, 0) is 0 Å². The molecule has 4 nitrogen and oxygen atoms in total. The lowest BCUT2D eigenvalue weighted by molar-refractivity contribution is 0.0919. The van der Waals surface area contributed by atoms with Crippen LogP contribution in [0.3, 0.4) is 0 Å². The summed E-state index contributed by atoms with van der Waals surface area (Å²) in [5.41, 5.74) is 0.430. The van der Waals surface area contributed by atoms with Crippen LogP contribution in [0.2, 0.25) is 5.15 Å². The van der Waals surface area contributed by atoms with Gasteiger partial charge in [0, 0.05) is 18.3 Å². The van der Waals surface area contributed by atoms with E-state index in [0.29, 0.717) is 17.3 Å². The molecule has 0 saturated heterocycles. The Morgan fingerprint density at radius 1 is 1.47 bits per heavy atom. The third-order valence-electron chi connectivity index (χ3n) is 2.88. The second-order valence-electron chi connectivity index (χ2n) is 4.76. The molecule has 5 heteroatoms. The van der Waals surface area contributed by atoms with E-state index in [-0.39, 0.29) is 11.4 Å². The van der Waals surface area contributed by atoms with Gasteiger partial charge in [0.15, 0.2) is 0 Å². The maximum absolute atomic E-state index is 11.8. The molecular formula is C12H18ClN3O. The first-order valence-corrected chi connectivity index (χ1v) is 5.78. The first-order chi connectivity index (χ1) is 7.83. The highest BCUT2D eigenvalue weighted by atomic mass is 35.5. The largest absolute Gasteiger partial charge is 0.350 e. The molecule has 1 amide bonds. The Bertz CT molecular complexity index is 387. The Balaban J connectivity index is 2.59. The Hall–Kier alpha value is -1.13. The number of nitrogens with zero attached hydrogens (tertiary/aromatic N) is 2. The van der Waals surface area contributed by atoms with Gasteiger partial charge in [0.25, 0.3) is 5.91 Å². The van der Waals surface area contributed by atoms with Crippen LogP contribution < -0.4 is 5.32 Å². The third-order valence-corrected chi connectivity index (χ3v) is 3.11. The van der Waals surface area contributed by atoms with E-state index in [1.54, 1.807) is 12.1 Å². The molecule has 0 atom stereocenters. The van der Waals surface area contributed by atoms with E-state index >= 15 is 0 Å². The van der Waals surface area contributed by atoms with Crippen molar-refractivity contribution in [3.05, 3.63) is 29.0 Å². The van der Waals surface area contributed by atoms with Crippen LogP contribution in [0.5, 0.6) is 0 Å². The summed E-state index contributed by atoms with van der Waals surface area (Å²) in [7, 11) is 3.96. The van der Waals surface area contributed by atoms with Crippen molar-refractivity contribution in [1.82, 2.24) is 15.2 Å². The Labute approximate surface area is 107 Å². The molecule has 1 N–H and O–H groups in total. The van der Waals surface area contributed by atoms with Crippen LogP contribution >= 0.6 is 11.6 Å². The minimum atomic E-state index is -0.135. The fourth-order valence-electron chi connectivity index (χ4n) is 1.07. The molecule has 0 aliphatic rings. The van der Waals surface area contributed by atoms with Crippen molar-refractivity contribution in [3.8, 4) is 0 Å². The van der Waals surface area contributed by atoms with Gasteiger partial charge in [-0.1, -0.05) is 11.6 Å². The normalized spacial score (nSPS) is 11.6. The summed E-state index contributed by atoms with van der Waals surface area (Å²) in [5, 5.41) is 3.26. The number of amides is 1. The SMILES string of the molecule is CN(C)C(C)(C)CNC(=O)c1ccc(Cl)nc1. The molecule has 1 aromatic rings. The summed E-state index contributed by atoms with van der Waals surface area (Å²) in [6.07, 6.45) is 1.47. The third kappa shape index (κ3) is 3.98. The molecule has 0 aliphatic carbocycles.